The van der Waals surface area contributed by atoms with Gasteiger partial charge in [0.2, 0.25) is 0 Å². The first-order chi connectivity index (χ1) is 8.35. The van der Waals surface area contributed by atoms with Gasteiger partial charge in [0.15, 0.2) is 0 Å². The molecule has 0 radical (unpaired) electrons. The van der Waals surface area contributed by atoms with Crippen molar-refractivity contribution in [2.24, 2.45) is 0 Å². The summed E-state index contributed by atoms with van der Waals surface area (Å²) in [6.45, 7) is 2.39. The highest BCUT2D eigenvalue weighted by Crippen LogP contribution is 2.24. The van der Waals surface area contributed by atoms with Crippen molar-refractivity contribution in [3.05, 3.63) is 29.8 Å². The number of nitrogens with zero attached hydrogens (tertiary/aromatic N) is 1. The highest BCUT2D eigenvalue weighted by molar-refractivity contribution is 7.98. The van der Waals surface area contributed by atoms with Gasteiger partial charge >= 0.3 is 0 Å². The van der Waals surface area contributed by atoms with Crippen molar-refractivity contribution in [2.75, 3.05) is 19.4 Å². The van der Waals surface area contributed by atoms with E-state index in [4.69, 9.17) is 0 Å². The topological polar surface area (TPSA) is 23.5 Å². The fourth-order valence-electron chi connectivity index (χ4n) is 2.53. The van der Waals surface area contributed by atoms with Crippen LogP contribution in [-0.2, 0) is 6.54 Å². The van der Waals surface area contributed by atoms with E-state index in [0.717, 1.165) is 19.5 Å². The van der Waals surface area contributed by atoms with E-state index >= 15 is 0 Å². The highest BCUT2D eigenvalue weighted by atomic mass is 32.2. The van der Waals surface area contributed by atoms with Crippen LogP contribution in [0.1, 0.15) is 24.8 Å². The second-order valence-electron chi connectivity index (χ2n) is 4.61. The molecule has 0 spiro atoms. The van der Waals surface area contributed by atoms with Crippen LogP contribution < -0.4 is 0 Å². The summed E-state index contributed by atoms with van der Waals surface area (Å²) in [5.41, 5.74) is 1.39. The van der Waals surface area contributed by atoms with Crippen LogP contribution in [0.4, 0.5) is 0 Å². The number of rotatable bonds is 4. The summed E-state index contributed by atoms with van der Waals surface area (Å²) in [6, 6.07) is 8.94. The van der Waals surface area contributed by atoms with Crippen LogP contribution >= 0.6 is 11.8 Å². The minimum atomic E-state index is 0.293. The summed E-state index contributed by atoms with van der Waals surface area (Å²) in [4.78, 5) is 3.79. The molecule has 1 N–H and O–H groups in total. The molecule has 0 amide bonds. The van der Waals surface area contributed by atoms with E-state index in [1.165, 1.54) is 23.3 Å². The number of hydrogen-bond acceptors (Lipinski definition) is 3. The van der Waals surface area contributed by atoms with Crippen LogP contribution in [0.25, 0.3) is 0 Å². The Hall–Kier alpha value is -0.510. The predicted molar refractivity (Wildman–Crippen MR) is 73.4 cm³/mol. The molecule has 0 aromatic heterocycles. The third-order valence-corrected chi connectivity index (χ3v) is 4.36. The smallest absolute Gasteiger partial charge is 0.0586 e. The number of hydrogen-bond donors (Lipinski definition) is 1. The van der Waals surface area contributed by atoms with Crippen LogP contribution in [0.15, 0.2) is 29.2 Å². The molecule has 0 saturated carbocycles. The number of aliphatic hydroxyl groups is 1. The molecule has 2 rings (SSSR count). The Kier molecular flexibility index (Phi) is 4.89. The maximum absolute atomic E-state index is 9.42. The van der Waals surface area contributed by atoms with E-state index in [1.54, 1.807) is 11.8 Å². The van der Waals surface area contributed by atoms with Gasteiger partial charge in [-0.25, -0.2) is 0 Å². The van der Waals surface area contributed by atoms with Gasteiger partial charge in [0.25, 0.3) is 0 Å². The predicted octanol–water partition coefficient (Wildman–Crippen LogP) is 2.76. The van der Waals surface area contributed by atoms with Gasteiger partial charge in [-0.3, -0.25) is 4.90 Å². The number of likely N-dealkylation sites (tertiary alicyclic amines) is 1. The minimum Gasteiger partial charge on any atom is -0.395 e. The number of benzene rings is 1. The van der Waals surface area contributed by atoms with Crippen LogP contribution in [0.3, 0.4) is 0 Å². The molecule has 1 aliphatic heterocycles. The van der Waals surface area contributed by atoms with Crippen molar-refractivity contribution in [1.82, 2.24) is 4.90 Å². The zero-order valence-electron chi connectivity index (χ0n) is 10.4. The summed E-state index contributed by atoms with van der Waals surface area (Å²) in [5, 5.41) is 9.42. The lowest BCUT2D eigenvalue weighted by molar-refractivity contribution is 0.0835. The second-order valence-corrected chi connectivity index (χ2v) is 5.46. The van der Waals surface area contributed by atoms with E-state index in [9.17, 15) is 5.11 Å². The Morgan fingerprint density at radius 1 is 1.35 bits per heavy atom. The maximum Gasteiger partial charge on any atom is 0.0586 e. The highest BCUT2D eigenvalue weighted by Gasteiger charge is 2.22. The standard InChI is InChI=1S/C14H21NOS/c1-17-14-8-3-2-6-12(14)10-15-9-5-4-7-13(15)11-16/h2-3,6,8,13,16H,4-5,7,9-11H2,1H3. The molecule has 1 fully saturated rings. The first-order valence-corrected chi connectivity index (χ1v) is 7.54. The van der Waals surface area contributed by atoms with Crippen molar-refractivity contribution < 1.29 is 5.11 Å². The monoisotopic (exact) mass is 251 g/mol. The molecular formula is C14H21NOS. The van der Waals surface area contributed by atoms with E-state index < -0.39 is 0 Å². The fourth-order valence-corrected chi connectivity index (χ4v) is 3.14. The van der Waals surface area contributed by atoms with Gasteiger partial charge in [0.1, 0.15) is 0 Å². The molecular weight excluding hydrogens is 230 g/mol. The lowest BCUT2D eigenvalue weighted by Gasteiger charge is -2.34. The largest absolute Gasteiger partial charge is 0.395 e. The van der Waals surface area contributed by atoms with Crippen molar-refractivity contribution in [1.29, 1.82) is 0 Å². The summed E-state index contributed by atoms with van der Waals surface area (Å²) < 4.78 is 0. The van der Waals surface area contributed by atoms with Gasteiger partial charge in [0.05, 0.1) is 6.61 Å². The lowest BCUT2D eigenvalue weighted by atomic mass is 10.0. The van der Waals surface area contributed by atoms with Crippen molar-refractivity contribution in [3.63, 3.8) is 0 Å². The van der Waals surface area contributed by atoms with Crippen LogP contribution in [0, 0.1) is 0 Å². The Morgan fingerprint density at radius 2 is 2.18 bits per heavy atom. The van der Waals surface area contributed by atoms with E-state index in [-0.39, 0.29) is 0 Å². The van der Waals surface area contributed by atoms with E-state index in [1.807, 2.05) is 0 Å². The van der Waals surface area contributed by atoms with Gasteiger partial charge < -0.3 is 5.11 Å². The average Bonchev–Trinajstić information content (AvgIpc) is 2.40. The number of aliphatic hydroxyl groups excluding tert-OH is 1. The minimum absolute atomic E-state index is 0.293. The molecule has 1 heterocycles. The normalized spacial score (nSPS) is 21.6. The Labute approximate surface area is 108 Å². The SMILES string of the molecule is CSc1ccccc1CN1CCCCC1CO. The van der Waals surface area contributed by atoms with Gasteiger partial charge in [-0.1, -0.05) is 24.6 Å². The molecule has 0 bridgehead atoms. The van der Waals surface area contributed by atoms with Gasteiger partial charge in [-0.05, 0) is 37.3 Å². The summed E-state index contributed by atoms with van der Waals surface area (Å²) in [5.74, 6) is 0. The Morgan fingerprint density at radius 3 is 2.94 bits per heavy atom. The second kappa shape index (κ2) is 6.43. The van der Waals surface area contributed by atoms with Crippen LogP contribution in [0.2, 0.25) is 0 Å². The first-order valence-electron chi connectivity index (χ1n) is 6.32. The molecule has 2 nitrogen and oxygen atoms in total. The van der Waals surface area contributed by atoms with Gasteiger partial charge in [-0.15, -0.1) is 11.8 Å². The summed E-state index contributed by atoms with van der Waals surface area (Å²) >= 11 is 1.80. The molecule has 3 heteroatoms. The fraction of sp³-hybridized carbons (Fsp3) is 0.571. The Bertz CT molecular complexity index is 356. The zero-order chi connectivity index (χ0) is 12.1. The molecule has 1 unspecified atom stereocenters. The molecule has 1 atom stereocenters. The van der Waals surface area contributed by atoms with Crippen molar-refractivity contribution in [2.45, 2.75) is 36.7 Å². The summed E-state index contributed by atoms with van der Waals surface area (Å²) in [6.07, 6.45) is 5.78. The molecule has 1 aliphatic rings. The van der Waals surface area contributed by atoms with Crippen molar-refractivity contribution in [3.8, 4) is 0 Å². The average molecular weight is 251 g/mol. The van der Waals surface area contributed by atoms with E-state index in [2.05, 4.69) is 35.4 Å². The zero-order valence-corrected chi connectivity index (χ0v) is 11.2. The molecule has 1 aromatic carbocycles. The van der Waals surface area contributed by atoms with Gasteiger partial charge in [-0.2, -0.15) is 0 Å². The van der Waals surface area contributed by atoms with Gasteiger partial charge in [0, 0.05) is 17.5 Å². The Balaban J connectivity index is 2.08. The van der Waals surface area contributed by atoms with Crippen LogP contribution in [0.5, 0.6) is 0 Å². The van der Waals surface area contributed by atoms with Crippen molar-refractivity contribution >= 4 is 11.8 Å². The molecule has 17 heavy (non-hydrogen) atoms. The lowest BCUT2D eigenvalue weighted by Crippen LogP contribution is -2.41. The van der Waals surface area contributed by atoms with E-state index in [0.29, 0.717) is 12.6 Å². The molecule has 1 aromatic rings. The number of piperidine rings is 1. The maximum atomic E-state index is 9.42. The molecule has 0 aliphatic carbocycles. The molecule has 94 valence electrons. The van der Waals surface area contributed by atoms with Crippen LogP contribution in [-0.4, -0.2) is 35.5 Å². The number of thioether (sulfide) groups is 1. The quantitative estimate of drug-likeness (QED) is 0.832. The third-order valence-electron chi connectivity index (χ3n) is 3.53. The molecule has 1 saturated heterocycles. The summed E-state index contributed by atoms with van der Waals surface area (Å²) in [7, 11) is 0. The first kappa shape index (κ1) is 12.9. The third kappa shape index (κ3) is 3.24.